The van der Waals surface area contributed by atoms with Crippen molar-refractivity contribution in [1.29, 1.82) is 0 Å². The first-order chi connectivity index (χ1) is 8.65. The molecule has 0 fully saturated rings. The van der Waals surface area contributed by atoms with Crippen LogP contribution in [0.5, 0.6) is 5.75 Å². The molecule has 1 aromatic carbocycles. The van der Waals surface area contributed by atoms with Crippen LogP contribution in [0.25, 0.3) is 0 Å². The van der Waals surface area contributed by atoms with E-state index in [-0.39, 0.29) is 0 Å². The second-order valence-electron chi connectivity index (χ2n) is 4.20. The SMILES string of the molecule is COc1cccc(N(C)C(C)c2cccs2)c1N. The van der Waals surface area contributed by atoms with Crippen LogP contribution < -0.4 is 15.4 Å². The third-order valence-corrected chi connectivity index (χ3v) is 4.22. The molecule has 0 saturated heterocycles. The molecular formula is C14H18N2OS. The first-order valence-electron chi connectivity index (χ1n) is 5.84. The van der Waals surface area contributed by atoms with Crippen molar-refractivity contribution in [2.45, 2.75) is 13.0 Å². The summed E-state index contributed by atoms with van der Waals surface area (Å²) in [5.74, 6) is 0.720. The van der Waals surface area contributed by atoms with Gasteiger partial charge in [0.05, 0.1) is 24.5 Å². The minimum absolute atomic E-state index is 0.291. The number of anilines is 2. The maximum atomic E-state index is 6.12. The number of nitrogens with two attached hydrogens (primary N) is 1. The summed E-state index contributed by atoms with van der Waals surface area (Å²) in [6.45, 7) is 2.17. The number of thiophene rings is 1. The number of hydrogen-bond donors (Lipinski definition) is 1. The Kier molecular flexibility index (Phi) is 3.77. The van der Waals surface area contributed by atoms with Crippen molar-refractivity contribution in [1.82, 2.24) is 0 Å². The van der Waals surface area contributed by atoms with Gasteiger partial charge in [-0.25, -0.2) is 0 Å². The largest absolute Gasteiger partial charge is 0.495 e. The zero-order valence-corrected chi connectivity index (χ0v) is 11.7. The molecule has 1 heterocycles. The molecule has 2 rings (SSSR count). The molecule has 0 spiro atoms. The summed E-state index contributed by atoms with van der Waals surface area (Å²) in [7, 11) is 3.69. The summed E-state index contributed by atoms with van der Waals surface area (Å²) in [4.78, 5) is 3.49. The number of rotatable bonds is 4. The van der Waals surface area contributed by atoms with Crippen LogP contribution in [0.1, 0.15) is 17.8 Å². The van der Waals surface area contributed by atoms with Gasteiger partial charge in [0.25, 0.3) is 0 Å². The fourth-order valence-electron chi connectivity index (χ4n) is 1.95. The van der Waals surface area contributed by atoms with E-state index in [1.54, 1.807) is 18.4 Å². The fourth-order valence-corrected chi connectivity index (χ4v) is 2.77. The zero-order chi connectivity index (χ0) is 13.1. The molecule has 0 aliphatic rings. The van der Waals surface area contributed by atoms with Gasteiger partial charge >= 0.3 is 0 Å². The van der Waals surface area contributed by atoms with Gasteiger partial charge in [0, 0.05) is 11.9 Å². The van der Waals surface area contributed by atoms with E-state index < -0.39 is 0 Å². The van der Waals surface area contributed by atoms with Crippen molar-refractivity contribution in [2.24, 2.45) is 0 Å². The Morgan fingerprint density at radius 3 is 2.67 bits per heavy atom. The number of methoxy groups -OCH3 is 1. The maximum absolute atomic E-state index is 6.12. The Balaban J connectivity index is 2.31. The minimum Gasteiger partial charge on any atom is -0.495 e. The summed E-state index contributed by atoms with van der Waals surface area (Å²) in [6.07, 6.45) is 0. The Morgan fingerprint density at radius 1 is 1.28 bits per heavy atom. The van der Waals surface area contributed by atoms with Crippen molar-refractivity contribution in [2.75, 3.05) is 24.8 Å². The van der Waals surface area contributed by atoms with Crippen LogP contribution in [-0.4, -0.2) is 14.2 Å². The highest BCUT2D eigenvalue weighted by molar-refractivity contribution is 7.10. The molecule has 96 valence electrons. The number of ether oxygens (including phenoxy) is 1. The summed E-state index contributed by atoms with van der Waals surface area (Å²) >= 11 is 1.76. The van der Waals surface area contributed by atoms with E-state index in [9.17, 15) is 0 Å². The van der Waals surface area contributed by atoms with Gasteiger partial charge in [-0.3, -0.25) is 0 Å². The Hall–Kier alpha value is -1.68. The van der Waals surface area contributed by atoms with Gasteiger partial charge in [-0.15, -0.1) is 11.3 Å². The van der Waals surface area contributed by atoms with Gasteiger partial charge in [0.2, 0.25) is 0 Å². The zero-order valence-electron chi connectivity index (χ0n) is 10.9. The van der Waals surface area contributed by atoms with E-state index >= 15 is 0 Å². The van der Waals surface area contributed by atoms with Crippen LogP contribution in [0.2, 0.25) is 0 Å². The first kappa shape index (κ1) is 12.8. The van der Waals surface area contributed by atoms with Crippen LogP contribution in [0.3, 0.4) is 0 Å². The number of benzene rings is 1. The van der Waals surface area contributed by atoms with Crippen molar-refractivity contribution >= 4 is 22.7 Å². The summed E-state index contributed by atoms with van der Waals surface area (Å²) < 4.78 is 5.26. The topological polar surface area (TPSA) is 38.5 Å². The van der Waals surface area contributed by atoms with Gasteiger partial charge in [-0.05, 0) is 30.5 Å². The maximum Gasteiger partial charge on any atom is 0.143 e. The molecule has 0 aliphatic heterocycles. The molecule has 0 saturated carbocycles. The molecular weight excluding hydrogens is 244 g/mol. The standard InChI is InChI=1S/C14H18N2OS/c1-10(13-8-5-9-18-13)16(2)11-6-4-7-12(17-3)14(11)15/h4-10H,15H2,1-3H3. The molecule has 0 radical (unpaired) electrons. The number of para-hydroxylation sites is 1. The molecule has 4 heteroatoms. The lowest BCUT2D eigenvalue weighted by Crippen LogP contribution is -2.22. The number of hydrogen-bond acceptors (Lipinski definition) is 4. The highest BCUT2D eigenvalue weighted by atomic mass is 32.1. The number of nitrogens with zero attached hydrogens (tertiary/aromatic N) is 1. The summed E-state index contributed by atoms with van der Waals surface area (Å²) in [5.41, 5.74) is 7.80. The van der Waals surface area contributed by atoms with Crippen molar-refractivity contribution < 1.29 is 4.74 Å². The van der Waals surface area contributed by atoms with Crippen LogP contribution in [0.15, 0.2) is 35.7 Å². The van der Waals surface area contributed by atoms with Crippen LogP contribution in [0, 0.1) is 0 Å². The van der Waals surface area contributed by atoms with Crippen LogP contribution >= 0.6 is 11.3 Å². The molecule has 1 atom stereocenters. The molecule has 18 heavy (non-hydrogen) atoms. The lowest BCUT2D eigenvalue weighted by Gasteiger charge is -2.28. The normalized spacial score (nSPS) is 12.2. The van der Waals surface area contributed by atoms with Gasteiger partial charge in [-0.2, -0.15) is 0 Å². The molecule has 1 aromatic heterocycles. The average molecular weight is 262 g/mol. The Labute approximate surface area is 112 Å². The van der Waals surface area contributed by atoms with E-state index in [2.05, 4.69) is 36.4 Å². The highest BCUT2D eigenvalue weighted by Crippen LogP contribution is 2.36. The third kappa shape index (κ3) is 2.29. The van der Waals surface area contributed by atoms with Gasteiger partial charge in [0.15, 0.2) is 0 Å². The van der Waals surface area contributed by atoms with Gasteiger partial charge in [-0.1, -0.05) is 12.1 Å². The quantitative estimate of drug-likeness (QED) is 0.857. The lowest BCUT2D eigenvalue weighted by atomic mass is 10.2. The predicted molar refractivity (Wildman–Crippen MR) is 78.5 cm³/mol. The summed E-state index contributed by atoms with van der Waals surface area (Å²) in [6, 6.07) is 10.4. The van der Waals surface area contributed by atoms with E-state index in [0.717, 1.165) is 11.4 Å². The average Bonchev–Trinajstić information content (AvgIpc) is 2.91. The van der Waals surface area contributed by atoms with Crippen molar-refractivity contribution in [3.8, 4) is 5.75 Å². The van der Waals surface area contributed by atoms with Gasteiger partial charge < -0.3 is 15.4 Å². The van der Waals surface area contributed by atoms with E-state index in [1.165, 1.54) is 4.88 Å². The Morgan fingerprint density at radius 2 is 2.06 bits per heavy atom. The molecule has 0 amide bonds. The van der Waals surface area contributed by atoms with Crippen LogP contribution in [-0.2, 0) is 0 Å². The second-order valence-corrected chi connectivity index (χ2v) is 5.17. The van der Waals surface area contributed by atoms with Crippen molar-refractivity contribution in [3.63, 3.8) is 0 Å². The minimum atomic E-state index is 0.291. The van der Waals surface area contributed by atoms with E-state index in [1.807, 2.05) is 18.2 Å². The molecule has 2 N–H and O–H groups in total. The molecule has 0 aliphatic carbocycles. The fraction of sp³-hybridized carbons (Fsp3) is 0.286. The van der Waals surface area contributed by atoms with Gasteiger partial charge in [0.1, 0.15) is 5.75 Å². The smallest absolute Gasteiger partial charge is 0.143 e. The second kappa shape index (κ2) is 5.31. The number of nitrogen functional groups attached to an aromatic ring is 1. The van der Waals surface area contributed by atoms with Crippen molar-refractivity contribution in [3.05, 3.63) is 40.6 Å². The monoisotopic (exact) mass is 262 g/mol. The summed E-state index contributed by atoms with van der Waals surface area (Å²) in [5, 5.41) is 2.09. The molecule has 2 aromatic rings. The predicted octanol–water partition coefficient (Wildman–Crippen LogP) is 3.54. The molecule has 1 unspecified atom stereocenters. The highest BCUT2D eigenvalue weighted by Gasteiger charge is 2.16. The van der Waals surface area contributed by atoms with Crippen LogP contribution in [0.4, 0.5) is 11.4 Å². The van der Waals surface area contributed by atoms with E-state index in [0.29, 0.717) is 11.7 Å². The van der Waals surface area contributed by atoms with E-state index in [4.69, 9.17) is 10.5 Å². The lowest BCUT2D eigenvalue weighted by molar-refractivity contribution is 0.417. The Bertz CT molecular complexity index is 511. The molecule has 3 nitrogen and oxygen atoms in total. The molecule has 0 bridgehead atoms. The third-order valence-electron chi connectivity index (χ3n) is 3.18. The first-order valence-corrected chi connectivity index (χ1v) is 6.71.